The quantitative estimate of drug-likeness (QED) is 0.618. The second kappa shape index (κ2) is 5.71. The zero-order chi connectivity index (χ0) is 14.0. The highest BCUT2D eigenvalue weighted by Crippen LogP contribution is 2.24. The Labute approximate surface area is 122 Å². The van der Waals surface area contributed by atoms with Gasteiger partial charge >= 0.3 is 0 Å². The van der Waals surface area contributed by atoms with E-state index in [1.54, 1.807) is 24.3 Å². The number of hydrogen-bond donors (Lipinski definition) is 2. The number of nitrogens with one attached hydrogen (secondary N) is 1. The molecule has 0 aliphatic carbocycles. The van der Waals surface area contributed by atoms with Crippen molar-refractivity contribution in [2.45, 2.75) is 4.90 Å². The van der Waals surface area contributed by atoms with Crippen LogP contribution < -0.4 is 5.32 Å². The largest absolute Gasteiger partial charge is 0.319 e. The van der Waals surface area contributed by atoms with E-state index in [0.29, 0.717) is 16.5 Å². The highest BCUT2D eigenvalue weighted by Gasteiger charge is 2.12. The van der Waals surface area contributed by atoms with E-state index >= 15 is 0 Å². The number of rotatable bonds is 2. The molecule has 1 N–H and O–H groups in total. The number of halogens is 3. The van der Waals surface area contributed by atoms with Crippen LogP contribution in [0.25, 0.3) is 0 Å². The summed E-state index contributed by atoms with van der Waals surface area (Å²) in [6.07, 6.45) is 0. The Bertz CT molecular complexity index is 631. The summed E-state index contributed by atoms with van der Waals surface area (Å²) in [4.78, 5) is 12.6. The first-order valence-electron chi connectivity index (χ1n) is 5.22. The van der Waals surface area contributed by atoms with Gasteiger partial charge in [0.2, 0.25) is 0 Å². The molecule has 0 aliphatic heterocycles. The fraction of sp³-hybridized carbons (Fsp3) is 0. The van der Waals surface area contributed by atoms with Crippen LogP contribution in [-0.4, -0.2) is 5.91 Å². The van der Waals surface area contributed by atoms with Gasteiger partial charge in [0.15, 0.2) is 0 Å². The molecule has 0 atom stereocenters. The lowest BCUT2D eigenvalue weighted by atomic mass is 10.2. The smallest absolute Gasteiger partial charge is 0.255 e. The molecule has 0 aromatic heterocycles. The second-order valence-corrected chi connectivity index (χ2v) is 5.12. The monoisotopic (exact) mass is 343 g/mol. The van der Waals surface area contributed by atoms with E-state index in [4.69, 9.17) is 0 Å². The van der Waals surface area contributed by atoms with Gasteiger partial charge in [-0.05, 0) is 46.3 Å². The van der Waals surface area contributed by atoms with Crippen LogP contribution in [0.1, 0.15) is 10.4 Å². The van der Waals surface area contributed by atoms with E-state index in [1.807, 2.05) is 0 Å². The van der Waals surface area contributed by atoms with E-state index in [-0.39, 0.29) is 10.2 Å². The number of carbonyl (C=O) groups is 1. The fourth-order valence-electron chi connectivity index (χ4n) is 1.43. The van der Waals surface area contributed by atoms with Crippen LogP contribution >= 0.6 is 28.6 Å². The van der Waals surface area contributed by atoms with E-state index in [0.717, 1.165) is 0 Å². The Balaban J connectivity index is 2.24. The molecular formula is C13H8BrF2NOS. The van der Waals surface area contributed by atoms with Crippen LogP contribution in [0.3, 0.4) is 0 Å². The molecule has 2 rings (SSSR count). The third-order valence-electron chi connectivity index (χ3n) is 2.39. The fourth-order valence-corrected chi connectivity index (χ4v) is 1.92. The van der Waals surface area contributed by atoms with Gasteiger partial charge < -0.3 is 5.32 Å². The first-order chi connectivity index (χ1) is 8.97. The van der Waals surface area contributed by atoms with Crippen molar-refractivity contribution in [3.63, 3.8) is 0 Å². The molecule has 0 radical (unpaired) electrons. The topological polar surface area (TPSA) is 29.1 Å². The lowest BCUT2D eigenvalue weighted by Gasteiger charge is -2.07. The van der Waals surface area contributed by atoms with Gasteiger partial charge in [-0.1, -0.05) is 0 Å². The zero-order valence-electron chi connectivity index (χ0n) is 9.45. The molecule has 0 aliphatic rings. The number of thiol groups is 1. The van der Waals surface area contributed by atoms with E-state index in [2.05, 4.69) is 33.9 Å². The van der Waals surface area contributed by atoms with Gasteiger partial charge in [-0.3, -0.25) is 4.79 Å². The first kappa shape index (κ1) is 14.0. The highest BCUT2D eigenvalue weighted by molar-refractivity contribution is 9.10. The normalized spacial score (nSPS) is 10.3. The van der Waals surface area contributed by atoms with Crippen LogP contribution in [0.2, 0.25) is 0 Å². The molecule has 2 aromatic carbocycles. The number of benzene rings is 2. The number of amides is 1. The minimum absolute atomic E-state index is 0.0786. The minimum Gasteiger partial charge on any atom is -0.319 e. The number of hydrogen-bond acceptors (Lipinski definition) is 2. The molecule has 0 saturated carbocycles. The Morgan fingerprint density at radius 2 is 1.74 bits per heavy atom. The SMILES string of the molecule is O=C(Nc1cc(Br)c(F)cc1F)c1ccc(S)cc1. The summed E-state index contributed by atoms with van der Waals surface area (Å²) >= 11 is 7.03. The molecule has 98 valence electrons. The molecule has 0 heterocycles. The molecule has 2 nitrogen and oxygen atoms in total. The lowest BCUT2D eigenvalue weighted by Crippen LogP contribution is -2.13. The van der Waals surface area contributed by atoms with E-state index in [9.17, 15) is 13.6 Å². The molecule has 0 bridgehead atoms. The predicted octanol–water partition coefficient (Wildman–Crippen LogP) is 4.27. The third kappa shape index (κ3) is 3.33. The molecule has 0 fully saturated rings. The van der Waals surface area contributed by atoms with Crippen molar-refractivity contribution in [1.82, 2.24) is 0 Å². The average molecular weight is 344 g/mol. The molecule has 6 heteroatoms. The van der Waals surface area contributed by atoms with E-state index in [1.165, 1.54) is 6.07 Å². The van der Waals surface area contributed by atoms with Gasteiger partial charge in [-0.25, -0.2) is 8.78 Å². The van der Waals surface area contributed by atoms with E-state index < -0.39 is 17.5 Å². The maximum absolute atomic E-state index is 13.5. The molecule has 19 heavy (non-hydrogen) atoms. The summed E-state index contributed by atoms with van der Waals surface area (Å²) in [7, 11) is 0. The van der Waals surface area contributed by atoms with Crippen LogP contribution in [0, 0.1) is 11.6 Å². The summed E-state index contributed by atoms with van der Waals surface area (Å²) in [6, 6.07) is 8.30. The van der Waals surface area contributed by atoms with Gasteiger partial charge in [0, 0.05) is 16.5 Å². The summed E-state index contributed by atoms with van der Waals surface area (Å²) < 4.78 is 26.6. The van der Waals surface area contributed by atoms with Crippen molar-refractivity contribution < 1.29 is 13.6 Å². The lowest BCUT2D eigenvalue weighted by molar-refractivity contribution is 0.102. The Morgan fingerprint density at radius 1 is 1.11 bits per heavy atom. The van der Waals surface area contributed by atoms with Crippen LogP contribution in [0.5, 0.6) is 0 Å². The molecule has 0 saturated heterocycles. The number of anilines is 1. The summed E-state index contributed by atoms with van der Waals surface area (Å²) in [6.45, 7) is 0. The predicted molar refractivity (Wildman–Crippen MR) is 75.7 cm³/mol. The van der Waals surface area contributed by atoms with Crippen LogP contribution in [0.15, 0.2) is 45.8 Å². The highest BCUT2D eigenvalue weighted by atomic mass is 79.9. The van der Waals surface area contributed by atoms with Gasteiger partial charge in [0.05, 0.1) is 10.2 Å². The molecule has 2 aromatic rings. The van der Waals surface area contributed by atoms with Crippen molar-refractivity contribution in [2.24, 2.45) is 0 Å². The third-order valence-corrected chi connectivity index (χ3v) is 3.29. The molecule has 0 unspecified atom stereocenters. The molecular weight excluding hydrogens is 336 g/mol. The summed E-state index contributed by atoms with van der Waals surface area (Å²) in [5, 5.41) is 2.38. The van der Waals surface area contributed by atoms with Gasteiger partial charge in [-0.15, -0.1) is 12.6 Å². The minimum atomic E-state index is -0.833. The Kier molecular flexibility index (Phi) is 4.21. The van der Waals surface area contributed by atoms with Crippen molar-refractivity contribution >= 4 is 40.2 Å². The maximum atomic E-state index is 13.5. The zero-order valence-corrected chi connectivity index (χ0v) is 11.9. The molecule has 1 amide bonds. The Hall–Kier alpha value is -1.40. The number of carbonyl (C=O) groups excluding carboxylic acids is 1. The maximum Gasteiger partial charge on any atom is 0.255 e. The van der Waals surface area contributed by atoms with Gasteiger partial charge in [0.1, 0.15) is 11.6 Å². The first-order valence-corrected chi connectivity index (χ1v) is 6.46. The van der Waals surface area contributed by atoms with Crippen LogP contribution in [-0.2, 0) is 0 Å². The van der Waals surface area contributed by atoms with Gasteiger partial charge in [-0.2, -0.15) is 0 Å². The van der Waals surface area contributed by atoms with Crippen molar-refractivity contribution in [3.8, 4) is 0 Å². The van der Waals surface area contributed by atoms with Gasteiger partial charge in [0.25, 0.3) is 5.91 Å². The average Bonchev–Trinajstić information content (AvgIpc) is 2.36. The second-order valence-electron chi connectivity index (χ2n) is 3.75. The summed E-state index contributed by atoms with van der Waals surface area (Å²) in [5.41, 5.74) is 0.269. The molecule has 0 spiro atoms. The Morgan fingerprint density at radius 3 is 2.37 bits per heavy atom. The standard InChI is InChI=1S/C13H8BrF2NOS/c14-9-5-12(11(16)6-10(9)15)17-13(18)7-1-3-8(19)4-2-7/h1-6,19H,(H,17,18). The van der Waals surface area contributed by atoms with Crippen molar-refractivity contribution in [3.05, 3.63) is 58.1 Å². The summed E-state index contributed by atoms with van der Waals surface area (Å²) in [5.74, 6) is -2.04. The van der Waals surface area contributed by atoms with Crippen molar-refractivity contribution in [2.75, 3.05) is 5.32 Å². The van der Waals surface area contributed by atoms with Crippen molar-refractivity contribution in [1.29, 1.82) is 0 Å². The van der Waals surface area contributed by atoms with Crippen LogP contribution in [0.4, 0.5) is 14.5 Å².